The fraction of sp³-hybridized carbons (Fsp3) is 0.182. The molecule has 2 rings (SSSR count). The second kappa shape index (κ2) is 5.46. The monoisotopic (exact) mass is 301 g/mol. The normalized spacial score (nSPS) is 15.1. The fourth-order valence-corrected chi connectivity index (χ4v) is 1.87. The summed E-state index contributed by atoms with van der Waals surface area (Å²) in [6, 6.07) is 4.59. The Hall–Kier alpha value is -1.79. The van der Waals surface area contributed by atoms with Gasteiger partial charge in [-0.25, -0.2) is 0 Å². The van der Waals surface area contributed by atoms with Crippen LogP contribution in [-0.4, -0.2) is 17.7 Å². The molecule has 100 valence electrons. The number of hydrogen-bond donors (Lipinski definition) is 3. The Morgan fingerprint density at radius 3 is 2.37 bits per heavy atom. The maximum Gasteiger partial charge on any atom is 0.251 e. The molecule has 0 bridgehead atoms. The Bertz CT molecular complexity index is 546. The number of benzene rings is 1. The molecule has 1 aromatic rings. The van der Waals surface area contributed by atoms with Gasteiger partial charge in [0.1, 0.15) is 5.92 Å². The quantitative estimate of drug-likeness (QED) is 0.731. The van der Waals surface area contributed by atoms with Gasteiger partial charge < -0.3 is 5.32 Å². The number of hydrogen-bond acceptors (Lipinski definition) is 3. The van der Waals surface area contributed by atoms with E-state index in [1.54, 1.807) is 6.07 Å². The molecule has 0 aliphatic carbocycles. The Morgan fingerprint density at radius 1 is 1.16 bits per heavy atom. The van der Waals surface area contributed by atoms with E-state index in [9.17, 15) is 14.4 Å². The number of nitrogens with one attached hydrogen (secondary N) is 3. The van der Waals surface area contributed by atoms with E-state index in [2.05, 4.69) is 16.2 Å². The summed E-state index contributed by atoms with van der Waals surface area (Å²) in [4.78, 5) is 34.2. The van der Waals surface area contributed by atoms with Gasteiger partial charge in [0.05, 0.1) is 10.0 Å². The number of halogens is 2. The molecule has 0 spiro atoms. The summed E-state index contributed by atoms with van der Waals surface area (Å²) in [5.74, 6) is -2.51. The van der Waals surface area contributed by atoms with Crippen LogP contribution in [0.1, 0.15) is 6.42 Å². The Morgan fingerprint density at radius 2 is 1.79 bits per heavy atom. The maximum atomic E-state index is 11.7. The van der Waals surface area contributed by atoms with Gasteiger partial charge in [-0.2, -0.15) is 0 Å². The van der Waals surface area contributed by atoms with Gasteiger partial charge in [0.15, 0.2) is 0 Å². The molecule has 0 radical (unpaired) electrons. The lowest BCUT2D eigenvalue weighted by Gasteiger charge is -2.07. The van der Waals surface area contributed by atoms with Crippen molar-refractivity contribution in [1.82, 2.24) is 10.9 Å². The van der Waals surface area contributed by atoms with Gasteiger partial charge in [-0.15, -0.1) is 0 Å². The van der Waals surface area contributed by atoms with Crippen LogP contribution in [0.3, 0.4) is 0 Å². The van der Waals surface area contributed by atoms with Crippen LogP contribution in [0.15, 0.2) is 18.2 Å². The van der Waals surface area contributed by atoms with Crippen molar-refractivity contribution < 1.29 is 14.4 Å². The first-order valence-electron chi connectivity index (χ1n) is 5.32. The highest BCUT2D eigenvalue weighted by molar-refractivity contribution is 6.42. The summed E-state index contributed by atoms with van der Waals surface area (Å²) in [5, 5.41) is 3.21. The minimum atomic E-state index is -1.01. The lowest BCUT2D eigenvalue weighted by Crippen LogP contribution is -2.28. The maximum absolute atomic E-state index is 11.7. The Labute approximate surface area is 118 Å². The minimum absolute atomic E-state index is 0.238. The molecule has 19 heavy (non-hydrogen) atoms. The van der Waals surface area contributed by atoms with Gasteiger partial charge in [0, 0.05) is 12.1 Å². The zero-order valence-corrected chi connectivity index (χ0v) is 11.0. The van der Waals surface area contributed by atoms with E-state index in [1.807, 2.05) is 0 Å². The van der Waals surface area contributed by atoms with Crippen LogP contribution in [0.4, 0.5) is 5.69 Å². The van der Waals surface area contributed by atoms with E-state index in [-0.39, 0.29) is 6.42 Å². The van der Waals surface area contributed by atoms with Crippen LogP contribution in [0.25, 0.3) is 0 Å². The molecule has 3 amide bonds. The molecule has 0 atom stereocenters. The first kappa shape index (κ1) is 13.6. The molecule has 1 fully saturated rings. The van der Waals surface area contributed by atoms with E-state index in [4.69, 9.17) is 23.2 Å². The number of anilines is 1. The predicted octanol–water partition coefficient (Wildman–Crippen LogP) is 1.10. The summed E-state index contributed by atoms with van der Waals surface area (Å²) in [6.07, 6.45) is -0.238. The first-order chi connectivity index (χ1) is 8.97. The summed E-state index contributed by atoms with van der Waals surface area (Å²) in [7, 11) is 0. The van der Waals surface area contributed by atoms with Crippen molar-refractivity contribution in [3.63, 3.8) is 0 Å². The molecule has 1 aliphatic heterocycles. The first-order valence-corrected chi connectivity index (χ1v) is 6.07. The third kappa shape index (κ3) is 3.15. The van der Waals surface area contributed by atoms with Gasteiger partial charge in [-0.05, 0) is 18.2 Å². The highest BCUT2D eigenvalue weighted by Gasteiger charge is 2.34. The average Bonchev–Trinajstić information content (AvgIpc) is 2.66. The topological polar surface area (TPSA) is 87.3 Å². The zero-order valence-electron chi connectivity index (χ0n) is 9.50. The smallest absolute Gasteiger partial charge is 0.251 e. The second-order valence-electron chi connectivity index (χ2n) is 3.91. The number of amides is 3. The SMILES string of the molecule is O=C(CC1C(=O)NNC1=O)Nc1ccc(Cl)c(Cl)c1. The van der Waals surface area contributed by atoms with Crippen LogP contribution in [0.5, 0.6) is 0 Å². The summed E-state index contributed by atoms with van der Waals surface area (Å²) in [6.45, 7) is 0. The van der Waals surface area contributed by atoms with Crippen LogP contribution in [-0.2, 0) is 14.4 Å². The molecular formula is C11H9Cl2N3O3. The van der Waals surface area contributed by atoms with Crippen LogP contribution >= 0.6 is 23.2 Å². The van der Waals surface area contributed by atoms with Crippen LogP contribution < -0.4 is 16.2 Å². The molecule has 0 unspecified atom stereocenters. The van der Waals surface area contributed by atoms with Gasteiger partial charge in [0.25, 0.3) is 11.8 Å². The molecule has 1 aliphatic rings. The van der Waals surface area contributed by atoms with E-state index in [1.165, 1.54) is 12.1 Å². The van der Waals surface area contributed by atoms with Crippen molar-refractivity contribution in [1.29, 1.82) is 0 Å². The highest BCUT2D eigenvalue weighted by Crippen LogP contribution is 2.25. The summed E-state index contributed by atoms with van der Waals surface area (Å²) < 4.78 is 0. The van der Waals surface area contributed by atoms with Crippen molar-refractivity contribution in [3.8, 4) is 0 Å². The van der Waals surface area contributed by atoms with Gasteiger partial charge >= 0.3 is 0 Å². The largest absolute Gasteiger partial charge is 0.326 e. The summed E-state index contributed by atoms with van der Waals surface area (Å²) in [5.41, 5.74) is 4.74. The lowest BCUT2D eigenvalue weighted by molar-refractivity contribution is -0.131. The average molecular weight is 302 g/mol. The van der Waals surface area contributed by atoms with Crippen molar-refractivity contribution in [2.75, 3.05) is 5.32 Å². The second-order valence-corrected chi connectivity index (χ2v) is 4.73. The molecule has 0 aromatic heterocycles. The molecule has 1 saturated heterocycles. The molecule has 3 N–H and O–H groups in total. The van der Waals surface area contributed by atoms with E-state index in [0.29, 0.717) is 15.7 Å². The lowest BCUT2D eigenvalue weighted by atomic mass is 10.1. The third-order valence-electron chi connectivity index (χ3n) is 2.53. The van der Waals surface area contributed by atoms with E-state index < -0.39 is 23.6 Å². The van der Waals surface area contributed by atoms with Crippen molar-refractivity contribution in [2.45, 2.75) is 6.42 Å². The molecule has 1 aromatic carbocycles. The molecule has 1 heterocycles. The van der Waals surface area contributed by atoms with Crippen molar-refractivity contribution in [3.05, 3.63) is 28.2 Å². The standard InChI is InChI=1S/C11H9Cl2N3O3/c12-7-2-1-5(3-8(7)13)14-9(17)4-6-10(18)15-16-11(6)19/h1-3,6H,4H2,(H,14,17)(H,15,18)(H,16,19). The van der Waals surface area contributed by atoms with Crippen LogP contribution in [0.2, 0.25) is 10.0 Å². The van der Waals surface area contributed by atoms with E-state index >= 15 is 0 Å². The minimum Gasteiger partial charge on any atom is -0.326 e. The fourth-order valence-electron chi connectivity index (χ4n) is 1.57. The third-order valence-corrected chi connectivity index (χ3v) is 3.27. The van der Waals surface area contributed by atoms with E-state index in [0.717, 1.165) is 0 Å². The number of carbonyl (C=O) groups excluding carboxylic acids is 3. The van der Waals surface area contributed by atoms with Gasteiger partial charge in [-0.3, -0.25) is 25.2 Å². The van der Waals surface area contributed by atoms with Crippen molar-refractivity contribution in [2.24, 2.45) is 5.92 Å². The van der Waals surface area contributed by atoms with Gasteiger partial charge in [-0.1, -0.05) is 23.2 Å². The Kier molecular flexibility index (Phi) is 3.92. The van der Waals surface area contributed by atoms with Gasteiger partial charge in [0.2, 0.25) is 5.91 Å². The molecular weight excluding hydrogens is 293 g/mol. The van der Waals surface area contributed by atoms with Crippen LogP contribution in [0, 0.1) is 5.92 Å². The number of carbonyl (C=O) groups is 3. The number of hydrazine groups is 1. The molecule has 6 nitrogen and oxygen atoms in total. The molecule has 0 saturated carbocycles. The Balaban J connectivity index is 1.99. The predicted molar refractivity (Wildman–Crippen MR) is 69.5 cm³/mol. The molecule has 8 heteroatoms. The van der Waals surface area contributed by atoms with Crippen molar-refractivity contribution >= 4 is 46.6 Å². The highest BCUT2D eigenvalue weighted by atomic mass is 35.5. The number of rotatable bonds is 3. The zero-order chi connectivity index (χ0) is 14.0. The summed E-state index contributed by atoms with van der Waals surface area (Å²) >= 11 is 11.5.